The van der Waals surface area contributed by atoms with E-state index in [1.54, 1.807) is 7.11 Å². The maximum Gasteiger partial charge on any atom is 0.118 e. The third-order valence-electron chi connectivity index (χ3n) is 11.1. The number of aromatic nitrogens is 1. The minimum atomic E-state index is 0.847. The lowest BCUT2D eigenvalue weighted by Gasteiger charge is -2.26. The van der Waals surface area contributed by atoms with Crippen molar-refractivity contribution in [3.63, 3.8) is 0 Å². The van der Waals surface area contributed by atoms with Crippen molar-refractivity contribution >= 4 is 38.9 Å². The molecule has 0 bridgehead atoms. The zero-order valence-electron chi connectivity index (χ0n) is 32.2. The van der Waals surface area contributed by atoms with Crippen molar-refractivity contribution in [3.8, 4) is 55.9 Å². The number of benzene rings is 9. The summed E-state index contributed by atoms with van der Waals surface area (Å²) in [4.78, 5) is 2.34. The molecule has 10 aromatic rings. The van der Waals surface area contributed by atoms with Gasteiger partial charge in [-0.3, -0.25) is 0 Å². The Balaban J connectivity index is 1.04. The lowest BCUT2D eigenvalue weighted by atomic mass is 10.0. The van der Waals surface area contributed by atoms with Gasteiger partial charge in [0.1, 0.15) is 5.75 Å². The summed E-state index contributed by atoms with van der Waals surface area (Å²) < 4.78 is 7.90. The molecule has 0 saturated heterocycles. The highest BCUT2D eigenvalue weighted by molar-refractivity contribution is 6.13. The van der Waals surface area contributed by atoms with Crippen LogP contribution in [0.1, 0.15) is 0 Å². The fraction of sp³-hybridized carbons (Fsp3) is 0.0182. The highest BCUT2D eigenvalue weighted by Gasteiger charge is 2.18. The Kier molecular flexibility index (Phi) is 9.09. The number of nitrogens with zero attached hydrogens (tertiary/aromatic N) is 2. The SMILES string of the molecule is COc1ccc(-c2cccc3c4ccccc4n(-c4cccc(-c5ccc(N(c6ccc(-c7ccccc7)cc6)c6ccc(-c7ccccc7)cc6)cc5)c4)c23)cc1. The van der Waals surface area contributed by atoms with Crippen molar-refractivity contribution in [2.75, 3.05) is 12.0 Å². The first-order valence-corrected chi connectivity index (χ1v) is 19.7. The van der Waals surface area contributed by atoms with Crippen LogP contribution in [-0.4, -0.2) is 11.7 Å². The molecule has 1 heterocycles. The van der Waals surface area contributed by atoms with Crippen LogP contribution in [0.2, 0.25) is 0 Å². The number of rotatable bonds is 9. The number of fused-ring (bicyclic) bond motifs is 3. The molecule has 0 aliphatic rings. The molecule has 0 aliphatic carbocycles. The number of para-hydroxylation sites is 2. The van der Waals surface area contributed by atoms with Crippen LogP contribution in [0.15, 0.2) is 224 Å². The molecule has 3 nitrogen and oxygen atoms in total. The second kappa shape index (κ2) is 15.1. The summed E-state index contributed by atoms with van der Waals surface area (Å²) in [5.74, 6) is 0.847. The van der Waals surface area contributed by atoms with Crippen LogP contribution >= 0.6 is 0 Å². The molecule has 9 aromatic carbocycles. The van der Waals surface area contributed by atoms with Crippen LogP contribution in [0.5, 0.6) is 5.75 Å². The Bertz CT molecular complexity index is 2900. The van der Waals surface area contributed by atoms with E-state index in [9.17, 15) is 0 Å². The Morgan fingerprint density at radius 3 is 1.38 bits per heavy atom. The van der Waals surface area contributed by atoms with E-state index >= 15 is 0 Å². The highest BCUT2D eigenvalue weighted by Crippen LogP contribution is 2.41. The van der Waals surface area contributed by atoms with Gasteiger partial charge in [-0.25, -0.2) is 0 Å². The van der Waals surface area contributed by atoms with E-state index < -0.39 is 0 Å². The number of methoxy groups -OCH3 is 1. The van der Waals surface area contributed by atoms with E-state index in [4.69, 9.17) is 4.74 Å². The predicted octanol–water partition coefficient (Wildman–Crippen LogP) is 14.9. The largest absolute Gasteiger partial charge is 0.497 e. The molecule has 276 valence electrons. The number of ether oxygens (including phenoxy) is 1. The molecule has 0 atom stereocenters. The number of hydrogen-bond donors (Lipinski definition) is 0. The van der Waals surface area contributed by atoms with Gasteiger partial charge in [0.25, 0.3) is 0 Å². The maximum atomic E-state index is 5.49. The van der Waals surface area contributed by atoms with Crippen molar-refractivity contribution in [3.05, 3.63) is 224 Å². The monoisotopic (exact) mass is 744 g/mol. The van der Waals surface area contributed by atoms with E-state index in [0.29, 0.717) is 0 Å². The Morgan fingerprint density at radius 1 is 0.362 bits per heavy atom. The summed E-state index contributed by atoms with van der Waals surface area (Å²) in [6.07, 6.45) is 0. The van der Waals surface area contributed by atoms with Crippen molar-refractivity contribution < 1.29 is 4.74 Å². The lowest BCUT2D eigenvalue weighted by molar-refractivity contribution is 0.415. The Labute approximate surface area is 339 Å². The third kappa shape index (κ3) is 6.49. The predicted molar refractivity (Wildman–Crippen MR) is 244 cm³/mol. The molecule has 0 aliphatic heterocycles. The highest BCUT2D eigenvalue weighted by atomic mass is 16.5. The minimum absolute atomic E-state index is 0.847. The van der Waals surface area contributed by atoms with Gasteiger partial charge < -0.3 is 14.2 Å². The van der Waals surface area contributed by atoms with Gasteiger partial charge in [0.2, 0.25) is 0 Å². The van der Waals surface area contributed by atoms with Crippen molar-refractivity contribution in [1.29, 1.82) is 0 Å². The molecule has 58 heavy (non-hydrogen) atoms. The molecule has 10 rings (SSSR count). The van der Waals surface area contributed by atoms with Crippen LogP contribution in [0.4, 0.5) is 17.1 Å². The van der Waals surface area contributed by atoms with Crippen LogP contribution in [0, 0.1) is 0 Å². The second-order valence-corrected chi connectivity index (χ2v) is 14.5. The second-order valence-electron chi connectivity index (χ2n) is 14.5. The van der Waals surface area contributed by atoms with E-state index in [0.717, 1.165) is 45.2 Å². The van der Waals surface area contributed by atoms with E-state index in [-0.39, 0.29) is 0 Å². The Hall–Kier alpha value is -7.62. The average molecular weight is 745 g/mol. The van der Waals surface area contributed by atoms with E-state index in [2.05, 4.69) is 222 Å². The van der Waals surface area contributed by atoms with Gasteiger partial charge in [0, 0.05) is 39.1 Å². The van der Waals surface area contributed by atoms with Crippen LogP contribution in [0.3, 0.4) is 0 Å². The van der Waals surface area contributed by atoms with Gasteiger partial charge in [-0.05, 0) is 106 Å². The molecule has 0 saturated carbocycles. The fourth-order valence-electron chi connectivity index (χ4n) is 8.23. The molecule has 0 unspecified atom stereocenters. The van der Waals surface area contributed by atoms with Gasteiger partial charge in [-0.2, -0.15) is 0 Å². The summed E-state index contributed by atoms with van der Waals surface area (Å²) in [5, 5.41) is 2.46. The van der Waals surface area contributed by atoms with Crippen molar-refractivity contribution in [2.24, 2.45) is 0 Å². The summed E-state index contributed by atoms with van der Waals surface area (Å²) in [6, 6.07) is 80.4. The lowest BCUT2D eigenvalue weighted by Crippen LogP contribution is -2.09. The van der Waals surface area contributed by atoms with E-state index in [1.165, 1.54) is 49.6 Å². The van der Waals surface area contributed by atoms with E-state index in [1.807, 2.05) is 12.1 Å². The number of anilines is 3. The molecule has 0 spiro atoms. The average Bonchev–Trinajstić information content (AvgIpc) is 3.65. The zero-order chi connectivity index (χ0) is 38.8. The minimum Gasteiger partial charge on any atom is -0.497 e. The molecule has 1 aromatic heterocycles. The van der Waals surface area contributed by atoms with Crippen LogP contribution in [0.25, 0.3) is 72.0 Å². The first-order valence-electron chi connectivity index (χ1n) is 19.7. The molecule has 0 amide bonds. The quantitative estimate of drug-likeness (QED) is 0.146. The molecular weight excluding hydrogens is 705 g/mol. The van der Waals surface area contributed by atoms with Crippen LogP contribution < -0.4 is 9.64 Å². The summed E-state index contributed by atoms with van der Waals surface area (Å²) in [7, 11) is 1.71. The fourth-order valence-corrected chi connectivity index (χ4v) is 8.23. The summed E-state index contributed by atoms with van der Waals surface area (Å²) in [5.41, 5.74) is 16.2. The smallest absolute Gasteiger partial charge is 0.118 e. The topological polar surface area (TPSA) is 17.4 Å². The van der Waals surface area contributed by atoms with Gasteiger partial charge >= 0.3 is 0 Å². The zero-order valence-corrected chi connectivity index (χ0v) is 32.2. The Morgan fingerprint density at radius 2 is 0.810 bits per heavy atom. The molecular formula is C55H40N2O. The van der Waals surface area contributed by atoms with Gasteiger partial charge in [0.15, 0.2) is 0 Å². The van der Waals surface area contributed by atoms with Crippen LogP contribution in [-0.2, 0) is 0 Å². The molecule has 0 N–H and O–H groups in total. The summed E-state index contributed by atoms with van der Waals surface area (Å²) >= 11 is 0. The summed E-state index contributed by atoms with van der Waals surface area (Å²) in [6.45, 7) is 0. The number of hydrogen-bond acceptors (Lipinski definition) is 2. The molecule has 0 fully saturated rings. The van der Waals surface area contributed by atoms with Crippen molar-refractivity contribution in [1.82, 2.24) is 4.57 Å². The molecule has 3 heteroatoms. The van der Waals surface area contributed by atoms with Gasteiger partial charge in [-0.1, -0.05) is 158 Å². The normalized spacial score (nSPS) is 11.2. The first-order chi connectivity index (χ1) is 28.7. The van der Waals surface area contributed by atoms with Crippen molar-refractivity contribution in [2.45, 2.75) is 0 Å². The first kappa shape index (κ1) is 34.8. The maximum absolute atomic E-state index is 5.49. The van der Waals surface area contributed by atoms with Gasteiger partial charge in [0.05, 0.1) is 18.1 Å². The van der Waals surface area contributed by atoms with Gasteiger partial charge in [-0.15, -0.1) is 0 Å². The standard InChI is InChI=1S/C55H40N2O/c1-58-50-36-28-44(29-37-50)51-19-11-20-53-52-18-8-9-21-54(52)57(55(51)53)49-17-10-16-45(38-49)43-26-34-48(35-27-43)56(46-30-22-41(23-31-46)39-12-4-2-5-13-39)47-32-24-42(25-33-47)40-14-6-3-7-15-40/h2-38H,1H3. The molecule has 0 radical (unpaired) electrons. The third-order valence-corrected chi connectivity index (χ3v) is 11.1.